The lowest BCUT2D eigenvalue weighted by Crippen LogP contribution is -2.30. The quantitative estimate of drug-likeness (QED) is 0.560. The van der Waals surface area contributed by atoms with Crippen molar-refractivity contribution in [3.8, 4) is 0 Å². The van der Waals surface area contributed by atoms with Crippen LogP contribution in [-0.4, -0.2) is 40.4 Å². The van der Waals surface area contributed by atoms with E-state index in [0.717, 1.165) is 12.0 Å². The summed E-state index contributed by atoms with van der Waals surface area (Å²) in [6.45, 7) is 5.33. The molecule has 1 N–H and O–H groups in total. The van der Waals surface area contributed by atoms with Gasteiger partial charge >= 0.3 is 0 Å². The van der Waals surface area contributed by atoms with Crippen molar-refractivity contribution in [1.29, 1.82) is 0 Å². The Kier molecular flexibility index (Phi) is 8.83. The van der Waals surface area contributed by atoms with Crippen LogP contribution in [0.5, 0.6) is 0 Å². The molecule has 3 rings (SSSR count). The van der Waals surface area contributed by atoms with Gasteiger partial charge in [0.1, 0.15) is 0 Å². The van der Waals surface area contributed by atoms with Gasteiger partial charge in [-0.05, 0) is 31.7 Å². The minimum atomic E-state index is -0.402. The lowest BCUT2D eigenvalue weighted by Gasteiger charge is -2.27. The van der Waals surface area contributed by atoms with Crippen molar-refractivity contribution >= 4 is 5.91 Å². The zero-order valence-corrected chi connectivity index (χ0v) is 18.1. The maximum Gasteiger partial charge on any atom is 0.273 e. The van der Waals surface area contributed by atoms with Gasteiger partial charge in [0.05, 0.1) is 18.8 Å². The highest BCUT2D eigenvalue weighted by molar-refractivity contribution is 5.92. The Morgan fingerprint density at radius 2 is 1.83 bits per heavy atom. The predicted molar refractivity (Wildman–Crippen MR) is 115 cm³/mol. The Bertz CT molecular complexity index is 753. The van der Waals surface area contributed by atoms with Gasteiger partial charge in [-0.3, -0.25) is 4.79 Å². The minimum Gasteiger partial charge on any atom is -0.351 e. The van der Waals surface area contributed by atoms with Gasteiger partial charge in [0, 0.05) is 13.2 Å². The Labute approximate surface area is 179 Å². The number of nitrogens with one attached hydrogen (secondary N) is 1. The molecule has 1 heterocycles. The highest BCUT2D eigenvalue weighted by Gasteiger charge is 2.23. The third-order valence-corrected chi connectivity index (χ3v) is 5.61. The van der Waals surface area contributed by atoms with Crippen LogP contribution in [-0.2, 0) is 16.0 Å². The molecular weight excluding hydrogens is 380 g/mol. The number of rotatable bonds is 11. The molecule has 30 heavy (non-hydrogen) atoms. The number of benzene rings is 1. The van der Waals surface area contributed by atoms with Crippen LogP contribution < -0.4 is 5.32 Å². The molecule has 2 aromatic rings. The van der Waals surface area contributed by atoms with E-state index in [0.29, 0.717) is 31.4 Å². The van der Waals surface area contributed by atoms with Gasteiger partial charge < -0.3 is 14.8 Å². The molecule has 164 valence electrons. The summed E-state index contributed by atoms with van der Waals surface area (Å²) >= 11 is 0. The largest absolute Gasteiger partial charge is 0.351 e. The summed E-state index contributed by atoms with van der Waals surface area (Å²) in [5.74, 6) is 0.452. The molecule has 1 saturated carbocycles. The summed E-state index contributed by atoms with van der Waals surface area (Å²) in [6, 6.07) is 10.2. The maximum absolute atomic E-state index is 12.9. The molecular formula is C23H34N4O3. The summed E-state index contributed by atoms with van der Waals surface area (Å²) < 4.78 is 12.7. The van der Waals surface area contributed by atoms with Gasteiger partial charge in [-0.25, -0.2) is 4.68 Å². The molecule has 1 atom stereocenters. The molecule has 0 spiro atoms. The van der Waals surface area contributed by atoms with E-state index in [-0.39, 0.29) is 11.9 Å². The van der Waals surface area contributed by atoms with Crippen molar-refractivity contribution in [3.63, 3.8) is 0 Å². The van der Waals surface area contributed by atoms with Crippen LogP contribution >= 0.6 is 0 Å². The van der Waals surface area contributed by atoms with Crippen LogP contribution in [0.4, 0.5) is 0 Å². The van der Waals surface area contributed by atoms with Crippen LogP contribution in [0.25, 0.3) is 0 Å². The van der Waals surface area contributed by atoms with E-state index in [1.807, 2.05) is 32.0 Å². The smallest absolute Gasteiger partial charge is 0.273 e. The van der Waals surface area contributed by atoms with Crippen LogP contribution in [0.3, 0.4) is 0 Å². The number of hydrogen-bond donors (Lipinski definition) is 1. The van der Waals surface area contributed by atoms with E-state index in [4.69, 9.17) is 9.47 Å². The maximum atomic E-state index is 12.9. The summed E-state index contributed by atoms with van der Waals surface area (Å²) in [4.78, 5) is 12.9. The molecule has 1 aromatic carbocycles. The van der Waals surface area contributed by atoms with Crippen LogP contribution in [0, 0.1) is 5.92 Å². The van der Waals surface area contributed by atoms with Gasteiger partial charge in [-0.1, -0.05) is 67.6 Å². The second-order valence-electron chi connectivity index (χ2n) is 7.84. The highest BCUT2D eigenvalue weighted by atomic mass is 16.7. The first-order valence-corrected chi connectivity index (χ1v) is 11.2. The van der Waals surface area contributed by atoms with E-state index < -0.39 is 6.29 Å². The average Bonchev–Trinajstić information content (AvgIpc) is 3.24. The van der Waals surface area contributed by atoms with Gasteiger partial charge in [0.25, 0.3) is 5.91 Å². The molecule has 1 aliphatic rings. The third kappa shape index (κ3) is 6.64. The second-order valence-corrected chi connectivity index (χ2v) is 7.84. The van der Waals surface area contributed by atoms with Crippen LogP contribution in [0.2, 0.25) is 0 Å². The molecule has 1 aliphatic carbocycles. The number of aromatic nitrogens is 3. The molecule has 1 aromatic heterocycles. The summed E-state index contributed by atoms with van der Waals surface area (Å²) in [5.41, 5.74) is 1.45. The van der Waals surface area contributed by atoms with Crippen LogP contribution in [0.1, 0.15) is 74.5 Å². The second kappa shape index (κ2) is 11.8. The molecule has 0 radical (unpaired) electrons. The zero-order valence-electron chi connectivity index (χ0n) is 18.1. The summed E-state index contributed by atoms with van der Waals surface area (Å²) in [6.07, 6.45) is 8.60. The number of hydrogen-bond acceptors (Lipinski definition) is 5. The summed E-state index contributed by atoms with van der Waals surface area (Å²) in [7, 11) is 0. The molecule has 1 fully saturated rings. The SMILES string of the molecule is CCOC(Cn1cc(C(=O)NC(CC2CCCCC2)c2ccccc2)nn1)OCC. The molecule has 0 saturated heterocycles. The summed E-state index contributed by atoms with van der Waals surface area (Å²) in [5, 5.41) is 11.4. The fourth-order valence-corrected chi connectivity index (χ4v) is 4.12. The van der Waals surface area contributed by atoms with Gasteiger partial charge in [-0.2, -0.15) is 0 Å². The fraction of sp³-hybridized carbons (Fsp3) is 0.609. The molecule has 7 nitrogen and oxygen atoms in total. The Balaban J connectivity index is 1.65. The van der Waals surface area contributed by atoms with Gasteiger partial charge in [0.15, 0.2) is 12.0 Å². The van der Waals surface area contributed by atoms with Crippen molar-refractivity contribution in [1.82, 2.24) is 20.3 Å². The first kappa shape index (κ1) is 22.4. The first-order chi connectivity index (χ1) is 14.7. The van der Waals surface area contributed by atoms with Crippen LogP contribution in [0.15, 0.2) is 36.5 Å². The molecule has 1 unspecified atom stereocenters. The Hall–Kier alpha value is -2.25. The molecule has 7 heteroatoms. The number of nitrogens with zero attached hydrogens (tertiary/aromatic N) is 3. The fourth-order valence-electron chi connectivity index (χ4n) is 4.12. The topological polar surface area (TPSA) is 78.3 Å². The van der Waals surface area contributed by atoms with Gasteiger partial charge in [0.2, 0.25) is 0 Å². The van der Waals surface area contributed by atoms with E-state index in [1.54, 1.807) is 10.9 Å². The van der Waals surface area contributed by atoms with E-state index in [1.165, 1.54) is 32.1 Å². The zero-order chi connectivity index (χ0) is 21.2. The Morgan fingerprint density at radius 3 is 2.50 bits per heavy atom. The third-order valence-electron chi connectivity index (χ3n) is 5.61. The standard InChI is InChI=1S/C23H34N4O3/c1-3-29-22(30-4-2)17-27-16-21(25-26-27)23(28)24-20(19-13-9-6-10-14-19)15-18-11-7-5-8-12-18/h6,9-10,13-14,16,18,20,22H,3-5,7-8,11-12,15,17H2,1-2H3,(H,24,28). The first-order valence-electron chi connectivity index (χ1n) is 11.2. The van der Waals surface area contributed by atoms with E-state index in [9.17, 15) is 4.79 Å². The monoisotopic (exact) mass is 414 g/mol. The predicted octanol–water partition coefficient (Wildman–Crippen LogP) is 4.12. The lowest BCUT2D eigenvalue weighted by atomic mass is 9.83. The molecule has 1 amide bonds. The van der Waals surface area contributed by atoms with E-state index in [2.05, 4.69) is 27.8 Å². The molecule has 0 aliphatic heterocycles. The number of ether oxygens (including phenoxy) is 2. The van der Waals surface area contributed by atoms with Crippen molar-refractivity contribution in [2.24, 2.45) is 5.92 Å². The van der Waals surface area contributed by atoms with Crippen molar-refractivity contribution in [2.75, 3.05) is 13.2 Å². The normalized spacial score (nSPS) is 16.0. The van der Waals surface area contributed by atoms with Crippen molar-refractivity contribution in [3.05, 3.63) is 47.8 Å². The highest BCUT2D eigenvalue weighted by Crippen LogP contribution is 2.32. The average molecular weight is 415 g/mol. The van der Waals surface area contributed by atoms with Crippen molar-refractivity contribution < 1.29 is 14.3 Å². The lowest BCUT2D eigenvalue weighted by molar-refractivity contribution is -0.145. The van der Waals surface area contributed by atoms with Gasteiger partial charge in [-0.15, -0.1) is 5.10 Å². The number of carbonyl (C=O) groups is 1. The number of amides is 1. The number of carbonyl (C=O) groups excluding carboxylic acids is 1. The van der Waals surface area contributed by atoms with Crippen molar-refractivity contribution in [2.45, 2.75) is 71.2 Å². The molecule has 0 bridgehead atoms. The Morgan fingerprint density at radius 1 is 1.13 bits per heavy atom. The van der Waals surface area contributed by atoms with E-state index >= 15 is 0 Å². The minimum absolute atomic E-state index is 0.0217.